The lowest BCUT2D eigenvalue weighted by Gasteiger charge is -2.20. The van der Waals surface area contributed by atoms with Gasteiger partial charge in [0.25, 0.3) is 5.91 Å². The monoisotopic (exact) mass is 382 g/mol. The number of ether oxygens (including phenoxy) is 2. The highest BCUT2D eigenvalue weighted by atomic mass is 16.6. The summed E-state index contributed by atoms with van der Waals surface area (Å²) in [5.74, 6) is 0.380. The summed E-state index contributed by atoms with van der Waals surface area (Å²) >= 11 is 0. The van der Waals surface area contributed by atoms with Gasteiger partial charge in [-0.25, -0.2) is 4.79 Å². The number of hydrogen-bond donors (Lipinski definition) is 1. The fourth-order valence-electron chi connectivity index (χ4n) is 2.91. The number of hydrogen-bond acceptors (Lipinski definition) is 4. The van der Waals surface area contributed by atoms with Crippen LogP contribution >= 0.6 is 0 Å². The molecule has 1 heterocycles. The van der Waals surface area contributed by atoms with Crippen LogP contribution in [0.15, 0.2) is 48.5 Å². The Morgan fingerprint density at radius 2 is 1.89 bits per heavy atom. The van der Waals surface area contributed by atoms with E-state index in [2.05, 4.69) is 26.1 Å². The van der Waals surface area contributed by atoms with Crippen LogP contribution in [0.4, 0.5) is 16.2 Å². The summed E-state index contributed by atoms with van der Waals surface area (Å²) in [7, 11) is 0. The average Bonchev–Trinajstić information content (AvgIpc) is 3.07. The highest BCUT2D eigenvalue weighted by molar-refractivity contribution is 5.95. The molecule has 6 heteroatoms. The Hall–Kier alpha value is -3.02. The lowest BCUT2D eigenvalue weighted by Crippen LogP contribution is -2.30. The van der Waals surface area contributed by atoms with Crippen LogP contribution in [-0.2, 0) is 14.9 Å². The minimum atomic E-state index is -0.666. The van der Waals surface area contributed by atoms with Crippen molar-refractivity contribution in [2.45, 2.75) is 39.2 Å². The Morgan fingerprint density at radius 1 is 1.18 bits per heavy atom. The number of carbonyl (C=O) groups excluding carboxylic acids is 2. The van der Waals surface area contributed by atoms with E-state index in [9.17, 15) is 9.59 Å². The van der Waals surface area contributed by atoms with Gasteiger partial charge in [0.15, 0.2) is 6.10 Å². The number of cyclic esters (lactones) is 1. The minimum absolute atomic E-state index is 0.0638. The number of benzene rings is 2. The van der Waals surface area contributed by atoms with Gasteiger partial charge in [0.1, 0.15) is 12.4 Å². The molecule has 1 saturated heterocycles. The predicted octanol–water partition coefficient (Wildman–Crippen LogP) is 4.35. The number of rotatable bonds is 5. The van der Waals surface area contributed by atoms with Crippen molar-refractivity contribution in [3.63, 3.8) is 0 Å². The zero-order chi connectivity index (χ0) is 20.3. The topological polar surface area (TPSA) is 67.9 Å². The van der Waals surface area contributed by atoms with Crippen molar-refractivity contribution in [3.8, 4) is 5.75 Å². The third-order valence-corrected chi connectivity index (χ3v) is 4.59. The second-order valence-corrected chi connectivity index (χ2v) is 7.84. The van der Waals surface area contributed by atoms with Crippen LogP contribution in [-0.4, -0.2) is 31.3 Å². The number of carbonyl (C=O) groups is 2. The van der Waals surface area contributed by atoms with Gasteiger partial charge in [-0.15, -0.1) is 0 Å². The molecule has 6 nitrogen and oxygen atoms in total. The van der Waals surface area contributed by atoms with Gasteiger partial charge in [0.05, 0.1) is 6.54 Å². The summed E-state index contributed by atoms with van der Waals surface area (Å²) in [6.07, 6.45) is -1.04. The molecule has 3 rings (SSSR count). The van der Waals surface area contributed by atoms with E-state index in [1.807, 2.05) is 24.3 Å². The van der Waals surface area contributed by atoms with E-state index in [-0.39, 0.29) is 17.4 Å². The summed E-state index contributed by atoms with van der Waals surface area (Å²) in [4.78, 5) is 25.7. The molecular formula is C22H26N2O4. The number of nitrogens with one attached hydrogen (secondary N) is 1. The molecule has 0 aromatic heterocycles. The summed E-state index contributed by atoms with van der Waals surface area (Å²) in [5.41, 5.74) is 2.55. The first-order valence-corrected chi connectivity index (χ1v) is 9.36. The number of nitrogens with zero attached hydrogens (tertiary/aromatic N) is 1. The number of amides is 2. The van der Waals surface area contributed by atoms with Crippen LogP contribution in [0.25, 0.3) is 0 Å². The Morgan fingerprint density at radius 3 is 2.50 bits per heavy atom. The average molecular weight is 382 g/mol. The van der Waals surface area contributed by atoms with Crippen molar-refractivity contribution in [3.05, 3.63) is 54.1 Å². The first-order valence-electron chi connectivity index (χ1n) is 9.36. The van der Waals surface area contributed by atoms with Crippen molar-refractivity contribution in [1.29, 1.82) is 0 Å². The Bertz CT molecular complexity index is 856. The van der Waals surface area contributed by atoms with E-state index in [0.29, 0.717) is 30.3 Å². The standard InChI is InChI=1S/C22H26N2O4/c1-15(28-19-10-8-16(9-11-19)22(2,3)4)20(25)23-17-6-5-7-18(14-17)24-12-13-27-21(24)26/h5-11,14-15H,12-13H2,1-4H3,(H,23,25). The molecule has 1 atom stereocenters. The zero-order valence-electron chi connectivity index (χ0n) is 16.7. The fourth-order valence-corrected chi connectivity index (χ4v) is 2.91. The van der Waals surface area contributed by atoms with Gasteiger partial charge in [-0.05, 0) is 48.2 Å². The minimum Gasteiger partial charge on any atom is -0.481 e. The summed E-state index contributed by atoms with van der Waals surface area (Å²) < 4.78 is 10.7. The molecule has 0 spiro atoms. The third kappa shape index (κ3) is 4.63. The molecule has 0 saturated carbocycles. The van der Waals surface area contributed by atoms with Crippen molar-refractivity contribution in [2.24, 2.45) is 0 Å². The van der Waals surface area contributed by atoms with Gasteiger partial charge < -0.3 is 14.8 Å². The SMILES string of the molecule is CC(Oc1ccc(C(C)(C)C)cc1)C(=O)Nc1cccc(N2CCOC2=O)c1. The van der Waals surface area contributed by atoms with E-state index < -0.39 is 6.10 Å². The van der Waals surface area contributed by atoms with Gasteiger partial charge in [-0.2, -0.15) is 0 Å². The maximum absolute atomic E-state index is 12.5. The number of anilines is 2. The first-order chi connectivity index (χ1) is 13.2. The Kier molecular flexibility index (Phi) is 5.58. The Balaban J connectivity index is 1.62. The van der Waals surface area contributed by atoms with Gasteiger partial charge in [0, 0.05) is 11.4 Å². The highest BCUT2D eigenvalue weighted by Crippen LogP contribution is 2.25. The molecule has 0 aliphatic carbocycles. The van der Waals surface area contributed by atoms with Crippen LogP contribution in [0.1, 0.15) is 33.3 Å². The highest BCUT2D eigenvalue weighted by Gasteiger charge is 2.24. The molecule has 28 heavy (non-hydrogen) atoms. The summed E-state index contributed by atoms with van der Waals surface area (Å²) in [5, 5.41) is 2.83. The van der Waals surface area contributed by atoms with Gasteiger partial charge in [-0.1, -0.05) is 39.0 Å². The van der Waals surface area contributed by atoms with Gasteiger partial charge in [0.2, 0.25) is 0 Å². The molecule has 0 radical (unpaired) electrons. The molecule has 1 N–H and O–H groups in total. The lowest BCUT2D eigenvalue weighted by molar-refractivity contribution is -0.122. The molecule has 2 amide bonds. The van der Waals surface area contributed by atoms with E-state index in [1.165, 1.54) is 10.5 Å². The van der Waals surface area contributed by atoms with Gasteiger partial charge in [-0.3, -0.25) is 9.69 Å². The van der Waals surface area contributed by atoms with Crippen LogP contribution in [0.2, 0.25) is 0 Å². The maximum atomic E-state index is 12.5. The largest absolute Gasteiger partial charge is 0.481 e. The molecule has 1 fully saturated rings. The van der Waals surface area contributed by atoms with E-state index >= 15 is 0 Å². The summed E-state index contributed by atoms with van der Waals surface area (Å²) in [6, 6.07) is 14.9. The quantitative estimate of drug-likeness (QED) is 0.835. The van der Waals surface area contributed by atoms with Crippen LogP contribution in [0.3, 0.4) is 0 Å². The third-order valence-electron chi connectivity index (χ3n) is 4.59. The Labute approximate surface area is 165 Å². The first kappa shape index (κ1) is 19.7. The molecular weight excluding hydrogens is 356 g/mol. The summed E-state index contributed by atoms with van der Waals surface area (Å²) in [6.45, 7) is 9.02. The van der Waals surface area contributed by atoms with Gasteiger partial charge >= 0.3 is 6.09 Å². The normalized spacial score (nSPS) is 15.1. The van der Waals surface area contributed by atoms with Crippen molar-refractivity contribution in [2.75, 3.05) is 23.4 Å². The molecule has 0 bridgehead atoms. The van der Waals surface area contributed by atoms with Crippen molar-refractivity contribution >= 4 is 23.4 Å². The molecule has 2 aromatic carbocycles. The van der Waals surface area contributed by atoms with E-state index in [0.717, 1.165) is 0 Å². The van der Waals surface area contributed by atoms with Crippen LogP contribution in [0, 0.1) is 0 Å². The van der Waals surface area contributed by atoms with E-state index in [4.69, 9.17) is 9.47 Å². The second kappa shape index (κ2) is 7.92. The molecule has 1 unspecified atom stereocenters. The fraction of sp³-hybridized carbons (Fsp3) is 0.364. The van der Waals surface area contributed by atoms with Crippen molar-refractivity contribution < 1.29 is 19.1 Å². The lowest BCUT2D eigenvalue weighted by atomic mass is 9.87. The van der Waals surface area contributed by atoms with Crippen molar-refractivity contribution in [1.82, 2.24) is 0 Å². The molecule has 148 valence electrons. The predicted molar refractivity (Wildman–Crippen MR) is 109 cm³/mol. The van der Waals surface area contributed by atoms with Crippen LogP contribution < -0.4 is 15.0 Å². The molecule has 1 aliphatic rings. The zero-order valence-corrected chi connectivity index (χ0v) is 16.7. The maximum Gasteiger partial charge on any atom is 0.414 e. The van der Waals surface area contributed by atoms with Crippen LogP contribution in [0.5, 0.6) is 5.75 Å². The molecule has 2 aromatic rings. The smallest absolute Gasteiger partial charge is 0.414 e. The second-order valence-electron chi connectivity index (χ2n) is 7.84. The van der Waals surface area contributed by atoms with E-state index in [1.54, 1.807) is 31.2 Å². The molecule has 1 aliphatic heterocycles.